The van der Waals surface area contributed by atoms with E-state index < -0.39 is 5.91 Å². The van der Waals surface area contributed by atoms with E-state index in [1.807, 2.05) is 0 Å². The van der Waals surface area contributed by atoms with Crippen molar-refractivity contribution in [2.75, 3.05) is 32.6 Å². The third kappa shape index (κ3) is 6.14. The summed E-state index contributed by atoms with van der Waals surface area (Å²) in [5.74, 6) is 0.519. The van der Waals surface area contributed by atoms with Crippen molar-refractivity contribution in [1.29, 1.82) is 0 Å². The molecule has 6 nitrogen and oxygen atoms in total. The van der Waals surface area contributed by atoms with E-state index in [4.69, 9.17) is 32.7 Å². The summed E-state index contributed by atoms with van der Waals surface area (Å²) >= 11 is 12.1. The molecule has 2 aromatic rings. The number of carbonyl (C=O) groups excluding carboxylic acids is 2. The molecule has 2 aromatic carbocycles. The van der Waals surface area contributed by atoms with Gasteiger partial charge in [0.15, 0.2) is 0 Å². The van der Waals surface area contributed by atoms with Crippen LogP contribution in [0, 0.1) is 0 Å². The monoisotopic (exact) mass is 436 g/mol. The van der Waals surface area contributed by atoms with Gasteiger partial charge in [0.2, 0.25) is 11.8 Å². The van der Waals surface area contributed by atoms with E-state index in [0.717, 1.165) is 0 Å². The molecule has 0 aliphatic carbocycles. The molecule has 1 N–H and O–H groups in total. The summed E-state index contributed by atoms with van der Waals surface area (Å²) < 4.78 is 10.5. The number of ether oxygens (including phenoxy) is 2. The molecule has 0 atom stereocenters. The summed E-state index contributed by atoms with van der Waals surface area (Å²) in [6, 6.07) is 10.2. The van der Waals surface area contributed by atoms with Crippen molar-refractivity contribution >= 4 is 46.8 Å². The first kappa shape index (κ1) is 22.6. The van der Waals surface area contributed by atoms with E-state index in [9.17, 15) is 9.59 Å². The van der Waals surface area contributed by atoms with Gasteiger partial charge < -0.3 is 19.7 Å². The second kappa shape index (κ2) is 10.7. The Morgan fingerprint density at radius 2 is 1.79 bits per heavy atom. The number of halogens is 2. The van der Waals surface area contributed by atoms with E-state index in [-0.39, 0.29) is 12.5 Å². The predicted molar refractivity (Wildman–Crippen MR) is 116 cm³/mol. The molecular formula is C21H22Cl2N2O4. The summed E-state index contributed by atoms with van der Waals surface area (Å²) in [5, 5.41) is 3.30. The second-order valence-electron chi connectivity index (χ2n) is 5.94. The fraction of sp³-hybridized carbons (Fsp3) is 0.238. The van der Waals surface area contributed by atoms with Gasteiger partial charge in [-0.25, -0.2) is 0 Å². The van der Waals surface area contributed by atoms with Crippen LogP contribution in [0.4, 0.5) is 5.69 Å². The molecule has 8 heteroatoms. The smallest absolute Gasteiger partial charge is 0.247 e. The van der Waals surface area contributed by atoms with Crippen LogP contribution in [-0.2, 0) is 9.59 Å². The van der Waals surface area contributed by atoms with Gasteiger partial charge in [0, 0.05) is 18.2 Å². The van der Waals surface area contributed by atoms with E-state index in [2.05, 4.69) is 5.32 Å². The topological polar surface area (TPSA) is 67.9 Å². The summed E-state index contributed by atoms with van der Waals surface area (Å²) in [4.78, 5) is 26.3. The molecule has 2 rings (SSSR count). The predicted octanol–water partition coefficient (Wildman–Crippen LogP) is 4.51. The average Bonchev–Trinajstić information content (AvgIpc) is 2.72. The largest absolute Gasteiger partial charge is 0.497 e. The Morgan fingerprint density at radius 1 is 1.10 bits per heavy atom. The number of para-hydroxylation sites is 1. The van der Waals surface area contributed by atoms with Crippen molar-refractivity contribution in [3.63, 3.8) is 0 Å². The summed E-state index contributed by atoms with van der Waals surface area (Å²) in [5.41, 5.74) is 1.00. The van der Waals surface area contributed by atoms with Gasteiger partial charge in [-0.1, -0.05) is 29.3 Å². The molecule has 154 valence electrons. The van der Waals surface area contributed by atoms with Gasteiger partial charge >= 0.3 is 0 Å². The number of anilines is 1. The third-order valence-electron chi connectivity index (χ3n) is 4.10. The number of amides is 2. The van der Waals surface area contributed by atoms with E-state index in [1.165, 1.54) is 11.0 Å². The van der Waals surface area contributed by atoms with Crippen LogP contribution in [0.25, 0.3) is 6.08 Å². The Kier molecular flexibility index (Phi) is 8.36. The van der Waals surface area contributed by atoms with Crippen LogP contribution in [0.3, 0.4) is 0 Å². The molecule has 2 amide bonds. The van der Waals surface area contributed by atoms with Crippen molar-refractivity contribution < 1.29 is 19.1 Å². The molecule has 0 aromatic heterocycles. The minimum atomic E-state index is -0.400. The molecule has 0 heterocycles. The zero-order chi connectivity index (χ0) is 21.4. The maximum atomic E-state index is 12.6. The highest BCUT2D eigenvalue weighted by Crippen LogP contribution is 2.29. The Hall–Kier alpha value is -2.70. The molecule has 0 saturated carbocycles. The molecule has 0 fully saturated rings. The minimum Gasteiger partial charge on any atom is -0.497 e. The zero-order valence-electron chi connectivity index (χ0n) is 16.4. The number of methoxy groups -OCH3 is 2. The highest BCUT2D eigenvalue weighted by atomic mass is 35.5. The Morgan fingerprint density at radius 3 is 2.38 bits per heavy atom. The lowest BCUT2D eigenvalue weighted by atomic mass is 10.1. The van der Waals surface area contributed by atoms with Crippen LogP contribution in [0.2, 0.25) is 10.0 Å². The van der Waals surface area contributed by atoms with Crippen molar-refractivity contribution in [2.45, 2.75) is 6.92 Å². The number of benzene rings is 2. The van der Waals surface area contributed by atoms with Gasteiger partial charge in [-0.05, 0) is 43.3 Å². The number of hydrogen-bond acceptors (Lipinski definition) is 4. The lowest BCUT2D eigenvalue weighted by Crippen LogP contribution is -2.37. The number of likely N-dealkylation sites (N-methyl/N-ethyl adjacent to an activating group) is 1. The SMILES string of the molecule is CCN(CC(=O)Nc1c(Cl)cccc1Cl)C(=O)/C=C/c1cc(OC)ccc1OC. The molecule has 0 aliphatic rings. The quantitative estimate of drug-likeness (QED) is 0.617. The first-order valence-corrected chi connectivity index (χ1v) is 9.58. The first-order valence-electron chi connectivity index (χ1n) is 8.82. The van der Waals surface area contributed by atoms with Crippen LogP contribution < -0.4 is 14.8 Å². The number of hydrogen-bond donors (Lipinski definition) is 1. The van der Waals surface area contributed by atoms with E-state index >= 15 is 0 Å². The van der Waals surface area contributed by atoms with Crippen molar-refractivity contribution in [3.8, 4) is 11.5 Å². The lowest BCUT2D eigenvalue weighted by Gasteiger charge is -2.19. The van der Waals surface area contributed by atoms with Gasteiger partial charge in [0.1, 0.15) is 18.0 Å². The van der Waals surface area contributed by atoms with E-state index in [0.29, 0.717) is 39.3 Å². The standard InChI is InChI=1S/C21H22Cl2N2O4/c1-4-25(13-19(26)24-21-16(22)6-5-7-17(21)23)20(27)11-8-14-12-15(28-2)9-10-18(14)29-3/h5-12H,4,13H2,1-3H3,(H,24,26)/b11-8+. The molecule has 0 aliphatic heterocycles. The molecule has 0 radical (unpaired) electrons. The molecular weight excluding hydrogens is 415 g/mol. The summed E-state index contributed by atoms with van der Waals surface area (Å²) in [6.45, 7) is 1.99. The maximum Gasteiger partial charge on any atom is 0.247 e. The van der Waals surface area contributed by atoms with Gasteiger partial charge in [0.05, 0.1) is 30.0 Å². The Balaban J connectivity index is 2.09. The van der Waals surface area contributed by atoms with E-state index in [1.54, 1.807) is 63.6 Å². The number of rotatable bonds is 8. The number of carbonyl (C=O) groups is 2. The molecule has 0 bridgehead atoms. The molecule has 0 saturated heterocycles. The van der Waals surface area contributed by atoms with Gasteiger partial charge in [0.25, 0.3) is 0 Å². The fourth-order valence-corrected chi connectivity index (χ4v) is 3.04. The van der Waals surface area contributed by atoms with Crippen LogP contribution in [0.15, 0.2) is 42.5 Å². The first-order chi connectivity index (χ1) is 13.9. The average molecular weight is 437 g/mol. The molecule has 0 unspecified atom stereocenters. The van der Waals surface area contributed by atoms with Crippen molar-refractivity contribution in [3.05, 3.63) is 58.1 Å². The van der Waals surface area contributed by atoms with Gasteiger partial charge in [-0.2, -0.15) is 0 Å². The van der Waals surface area contributed by atoms with Gasteiger partial charge in [-0.15, -0.1) is 0 Å². The summed E-state index contributed by atoms with van der Waals surface area (Å²) in [7, 11) is 3.10. The lowest BCUT2D eigenvalue weighted by molar-refractivity contribution is -0.130. The fourth-order valence-electron chi connectivity index (χ4n) is 2.55. The van der Waals surface area contributed by atoms with Crippen LogP contribution in [-0.4, -0.2) is 44.0 Å². The number of nitrogens with one attached hydrogen (secondary N) is 1. The van der Waals surface area contributed by atoms with Crippen LogP contribution in [0.1, 0.15) is 12.5 Å². The highest BCUT2D eigenvalue weighted by molar-refractivity contribution is 6.39. The third-order valence-corrected chi connectivity index (χ3v) is 4.73. The summed E-state index contributed by atoms with van der Waals surface area (Å²) in [6.07, 6.45) is 3.01. The molecule has 0 spiro atoms. The van der Waals surface area contributed by atoms with Crippen molar-refractivity contribution in [2.24, 2.45) is 0 Å². The van der Waals surface area contributed by atoms with Crippen LogP contribution in [0.5, 0.6) is 11.5 Å². The van der Waals surface area contributed by atoms with Gasteiger partial charge in [-0.3, -0.25) is 9.59 Å². The highest BCUT2D eigenvalue weighted by Gasteiger charge is 2.16. The second-order valence-corrected chi connectivity index (χ2v) is 6.75. The normalized spacial score (nSPS) is 10.7. The zero-order valence-corrected chi connectivity index (χ0v) is 17.9. The molecule has 29 heavy (non-hydrogen) atoms. The van der Waals surface area contributed by atoms with Crippen LogP contribution >= 0.6 is 23.2 Å². The minimum absolute atomic E-state index is 0.142. The Labute approximate surface area is 180 Å². The van der Waals surface area contributed by atoms with Crippen molar-refractivity contribution in [1.82, 2.24) is 4.90 Å². The Bertz CT molecular complexity index is 895. The number of nitrogens with zero attached hydrogens (tertiary/aromatic N) is 1. The maximum absolute atomic E-state index is 12.6.